The van der Waals surface area contributed by atoms with Crippen molar-refractivity contribution in [3.8, 4) is 5.06 Å². The van der Waals surface area contributed by atoms with Gasteiger partial charge in [-0.25, -0.2) is 27.7 Å². The fourth-order valence-corrected chi connectivity index (χ4v) is 4.99. The average molecular weight is 437 g/mol. The van der Waals surface area contributed by atoms with Gasteiger partial charge in [0.2, 0.25) is 11.0 Å². The highest BCUT2D eigenvalue weighted by Gasteiger charge is 2.29. The minimum atomic E-state index is -4.42. The minimum absolute atomic E-state index is 0.107. The maximum Gasteiger partial charge on any atom is 0.514 e. The molecule has 0 aliphatic heterocycles. The van der Waals surface area contributed by atoms with Crippen molar-refractivity contribution in [1.29, 1.82) is 0 Å². The van der Waals surface area contributed by atoms with Gasteiger partial charge in [0.15, 0.2) is 0 Å². The first-order chi connectivity index (χ1) is 13.7. The molecule has 3 aromatic rings. The molecule has 1 aromatic carbocycles. The number of thiophene rings is 1. The Balaban J connectivity index is 1.94. The number of amides is 2. The number of aromatic nitrogens is 3. The molecule has 0 spiro atoms. The lowest BCUT2D eigenvalue weighted by molar-refractivity contribution is 0.122. The predicted octanol–water partition coefficient (Wildman–Crippen LogP) is 2.36. The number of anilines is 1. The van der Waals surface area contributed by atoms with Crippen LogP contribution in [0.2, 0.25) is 0 Å². The number of sulfonamides is 1. The molecular formula is C16H15N5O6S2. The molecule has 29 heavy (non-hydrogen) atoms. The second-order valence-electron chi connectivity index (χ2n) is 5.58. The van der Waals surface area contributed by atoms with Gasteiger partial charge in [-0.05, 0) is 19.9 Å². The normalized spacial score (nSPS) is 11.1. The van der Waals surface area contributed by atoms with Gasteiger partial charge in [-0.3, -0.25) is 5.32 Å². The molecule has 2 amide bonds. The summed E-state index contributed by atoms with van der Waals surface area (Å²) >= 11 is 0.923. The van der Waals surface area contributed by atoms with Crippen molar-refractivity contribution in [2.75, 3.05) is 12.4 Å². The van der Waals surface area contributed by atoms with Crippen LogP contribution < -0.4 is 14.8 Å². The van der Waals surface area contributed by atoms with E-state index >= 15 is 0 Å². The van der Waals surface area contributed by atoms with E-state index < -0.39 is 22.2 Å². The van der Waals surface area contributed by atoms with E-state index in [1.54, 1.807) is 32.0 Å². The smallest absolute Gasteiger partial charge is 0.437 e. The van der Waals surface area contributed by atoms with Crippen LogP contribution in [-0.4, -0.2) is 42.7 Å². The highest BCUT2D eigenvalue weighted by molar-refractivity contribution is 7.90. The molecule has 2 N–H and O–H groups in total. The Morgan fingerprint density at radius 1 is 1.07 bits per heavy atom. The zero-order valence-corrected chi connectivity index (χ0v) is 17.1. The lowest BCUT2D eigenvalue weighted by Gasteiger charge is -2.09. The number of urea groups is 1. The summed E-state index contributed by atoms with van der Waals surface area (Å²) in [6.07, 6.45) is -1.09. The Morgan fingerprint density at radius 3 is 2.38 bits per heavy atom. The molecule has 11 nitrogen and oxygen atoms in total. The fourth-order valence-electron chi connectivity index (χ4n) is 2.41. The molecule has 0 saturated carbocycles. The fraction of sp³-hybridized carbons (Fsp3) is 0.188. The number of nitrogens with zero attached hydrogens (tertiary/aromatic N) is 3. The number of methoxy groups -OCH3 is 1. The molecule has 0 atom stereocenters. The van der Waals surface area contributed by atoms with Gasteiger partial charge >= 0.3 is 12.2 Å². The van der Waals surface area contributed by atoms with Gasteiger partial charge in [0, 0.05) is 10.1 Å². The third kappa shape index (κ3) is 4.57. The molecule has 0 aliphatic rings. The average Bonchev–Trinajstić information content (AvgIpc) is 2.98. The van der Waals surface area contributed by atoms with E-state index in [1.807, 2.05) is 4.72 Å². The third-order valence-electron chi connectivity index (χ3n) is 3.44. The van der Waals surface area contributed by atoms with Crippen LogP contribution in [0.3, 0.4) is 0 Å². The van der Waals surface area contributed by atoms with Gasteiger partial charge in [0.25, 0.3) is 10.0 Å². The summed E-state index contributed by atoms with van der Waals surface area (Å²) in [6.45, 7) is 3.20. The summed E-state index contributed by atoms with van der Waals surface area (Å²) in [4.78, 5) is 35.2. The highest BCUT2D eigenvalue weighted by atomic mass is 32.2. The zero-order valence-electron chi connectivity index (χ0n) is 15.4. The molecule has 2 aromatic heterocycles. The van der Waals surface area contributed by atoms with E-state index in [2.05, 4.69) is 25.0 Å². The Labute approximate surface area is 169 Å². The number of aryl methyl sites for hydroxylation is 2. The largest absolute Gasteiger partial charge is 0.514 e. The van der Waals surface area contributed by atoms with Crippen LogP contribution in [0.5, 0.6) is 5.06 Å². The topological polar surface area (TPSA) is 149 Å². The second-order valence-corrected chi connectivity index (χ2v) is 8.22. The second kappa shape index (κ2) is 7.97. The van der Waals surface area contributed by atoms with Crippen molar-refractivity contribution >= 4 is 49.6 Å². The van der Waals surface area contributed by atoms with Crippen molar-refractivity contribution in [1.82, 2.24) is 19.7 Å². The lowest BCUT2D eigenvalue weighted by Crippen LogP contribution is -2.35. The van der Waals surface area contributed by atoms with Gasteiger partial charge in [0.05, 0.1) is 7.11 Å². The number of benzene rings is 1. The van der Waals surface area contributed by atoms with Crippen LogP contribution >= 0.6 is 11.3 Å². The van der Waals surface area contributed by atoms with E-state index in [1.165, 1.54) is 6.07 Å². The van der Waals surface area contributed by atoms with Crippen molar-refractivity contribution in [2.24, 2.45) is 0 Å². The molecule has 0 saturated heterocycles. The Kier molecular flexibility index (Phi) is 5.61. The molecule has 0 aliphatic carbocycles. The van der Waals surface area contributed by atoms with Crippen molar-refractivity contribution < 1.29 is 27.5 Å². The monoisotopic (exact) mass is 437 g/mol. The molecule has 152 valence electrons. The first-order valence-electron chi connectivity index (χ1n) is 8.00. The molecular weight excluding hydrogens is 422 g/mol. The summed E-state index contributed by atoms with van der Waals surface area (Å²) in [7, 11) is -3.33. The number of ether oxygens (including phenoxy) is 2. The van der Waals surface area contributed by atoms with E-state index in [0.717, 1.165) is 18.4 Å². The third-order valence-corrected chi connectivity index (χ3v) is 6.02. The minimum Gasteiger partial charge on any atom is -0.437 e. The van der Waals surface area contributed by atoms with Crippen LogP contribution in [0.15, 0.2) is 29.2 Å². The standard InChI is InChI=1S/C16H15N5O6S2/c1-8-17-9(2)19-14(18-8)20-15(22)21-29(24,25)12-10-6-4-5-7-11(10)28-13(12)27-16(23)26-3/h4-7H,1-3H3,(H2,17,18,19,20,21,22). The number of hydrogen-bond acceptors (Lipinski definition) is 10. The van der Waals surface area contributed by atoms with Crippen LogP contribution in [-0.2, 0) is 14.8 Å². The van der Waals surface area contributed by atoms with Crippen molar-refractivity contribution in [3.63, 3.8) is 0 Å². The van der Waals surface area contributed by atoms with E-state index in [0.29, 0.717) is 16.3 Å². The van der Waals surface area contributed by atoms with Crippen molar-refractivity contribution in [2.45, 2.75) is 18.7 Å². The maximum atomic E-state index is 12.9. The Morgan fingerprint density at radius 2 is 1.72 bits per heavy atom. The molecule has 0 bridgehead atoms. The van der Waals surface area contributed by atoms with Gasteiger partial charge in [-0.1, -0.05) is 29.5 Å². The van der Waals surface area contributed by atoms with Gasteiger partial charge < -0.3 is 9.47 Å². The van der Waals surface area contributed by atoms with Crippen LogP contribution in [0.25, 0.3) is 10.1 Å². The predicted molar refractivity (Wildman–Crippen MR) is 103 cm³/mol. The number of hydrogen-bond donors (Lipinski definition) is 2. The summed E-state index contributed by atoms with van der Waals surface area (Å²) in [5, 5.41) is 2.29. The van der Waals surface area contributed by atoms with E-state index in [4.69, 9.17) is 4.74 Å². The Bertz CT molecular complexity index is 1190. The van der Waals surface area contributed by atoms with Crippen molar-refractivity contribution in [3.05, 3.63) is 35.9 Å². The number of fused-ring (bicyclic) bond motifs is 1. The first-order valence-corrected chi connectivity index (χ1v) is 10.3. The summed E-state index contributed by atoms with van der Waals surface area (Å²) in [5.41, 5.74) is 0. The summed E-state index contributed by atoms with van der Waals surface area (Å²) < 4.78 is 37.6. The molecule has 13 heteroatoms. The molecule has 0 unspecified atom stereocenters. The molecule has 0 fully saturated rings. The number of carbonyl (C=O) groups is 2. The van der Waals surface area contributed by atoms with Crippen LogP contribution in [0.4, 0.5) is 15.5 Å². The molecule has 2 heterocycles. The number of nitrogens with one attached hydrogen (secondary N) is 2. The zero-order chi connectivity index (χ0) is 21.2. The summed E-state index contributed by atoms with van der Waals surface area (Å²) in [5.74, 6) is 0.602. The quantitative estimate of drug-likeness (QED) is 0.586. The summed E-state index contributed by atoms with van der Waals surface area (Å²) in [6, 6.07) is 5.41. The SMILES string of the molecule is COC(=O)Oc1sc2ccccc2c1S(=O)(=O)NC(=O)Nc1nc(C)nc(C)n1. The van der Waals surface area contributed by atoms with Crippen LogP contribution in [0, 0.1) is 13.8 Å². The molecule has 0 radical (unpaired) electrons. The first kappa shape index (κ1) is 20.4. The van der Waals surface area contributed by atoms with Gasteiger partial charge in [-0.2, -0.15) is 9.97 Å². The Hall–Kier alpha value is -3.32. The van der Waals surface area contributed by atoms with E-state index in [-0.39, 0.29) is 21.3 Å². The molecule has 3 rings (SSSR count). The number of carbonyl (C=O) groups excluding carboxylic acids is 2. The highest BCUT2D eigenvalue weighted by Crippen LogP contribution is 2.40. The van der Waals surface area contributed by atoms with Gasteiger partial charge in [-0.15, -0.1) is 0 Å². The lowest BCUT2D eigenvalue weighted by atomic mass is 10.3. The van der Waals surface area contributed by atoms with E-state index in [9.17, 15) is 18.0 Å². The number of rotatable bonds is 4. The maximum absolute atomic E-state index is 12.9. The van der Waals surface area contributed by atoms with Gasteiger partial charge in [0.1, 0.15) is 16.5 Å². The van der Waals surface area contributed by atoms with Crippen LogP contribution in [0.1, 0.15) is 11.6 Å².